The minimum atomic E-state index is -3.58. The van der Waals surface area contributed by atoms with E-state index in [0.29, 0.717) is 37.6 Å². The molecule has 0 saturated carbocycles. The average molecular weight is 315 g/mol. The van der Waals surface area contributed by atoms with Crippen LogP contribution in [-0.4, -0.2) is 44.0 Å². The maximum Gasteiger partial charge on any atom is 0.301 e. The standard InChI is InChI=1S/C12H17N3O3S2/c1-9-2-3-10(12(13)19)8-11(9)14-20(16,17)15-4-6-18-7-5-15/h2-3,8,14H,4-7H2,1H3,(H2,13,19). The number of nitrogens with zero attached hydrogens (tertiary/aromatic N) is 1. The molecule has 3 N–H and O–H groups in total. The third kappa shape index (κ3) is 3.45. The van der Waals surface area contributed by atoms with Crippen molar-refractivity contribution in [1.29, 1.82) is 0 Å². The molecule has 6 nitrogen and oxygen atoms in total. The fourth-order valence-electron chi connectivity index (χ4n) is 1.88. The molecule has 1 heterocycles. The maximum atomic E-state index is 12.3. The summed E-state index contributed by atoms with van der Waals surface area (Å²) in [6, 6.07) is 5.20. The molecule has 0 spiro atoms. The summed E-state index contributed by atoms with van der Waals surface area (Å²) in [5, 5.41) is 0. The number of morpholine rings is 1. The highest BCUT2D eigenvalue weighted by atomic mass is 32.2. The number of anilines is 1. The minimum absolute atomic E-state index is 0.233. The summed E-state index contributed by atoms with van der Waals surface area (Å²) in [5.41, 5.74) is 7.49. The molecular weight excluding hydrogens is 298 g/mol. The molecule has 0 aromatic heterocycles. The van der Waals surface area contributed by atoms with Gasteiger partial charge in [-0.2, -0.15) is 12.7 Å². The fourth-order valence-corrected chi connectivity index (χ4v) is 3.26. The largest absolute Gasteiger partial charge is 0.389 e. The fraction of sp³-hybridized carbons (Fsp3) is 0.417. The Kier molecular flexibility index (Phi) is 4.59. The molecule has 20 heavy (non-hydrogen) atoms. The van der Waals surface area contributed by atoms with Crippen molar-refractivity contribution in [3.63, 3.8) is 0 Å². The van der Waals surface area contributed by atoms with Crippen LogP contribution in [0.1, 0.15) is 11.1 Å². The van der Waals surface area contributed by atoms with Crippen LogP contribution in [-0.2, 0) is 14.9 Å². The molecule has 0 aliphatic carbocycles. The van der Waals surface area contributed by atoms with Gasteiger partial charge in [0, 0.05) is 18.7 Å². The van der Waals surface area contributed by atoms with E-state index in [1.54, 1.807) is 18.2 Å². The number of aryl methyl sites for hydroxylation is 1. The Morgan fingerprint density at radius 2 is 2.05 bits per heavy atom. The van der Waals surface area contributed by atoms with E-state index < -0.39 is 10.2 Å². The number of nitrogens with two attached hydrogens (primary N) is 1. The van der Waals surface area contributed by atoms with E-state index in [9.17, 15) is 8.42 Å². The zero-order valence-corrected chi connectivity index (χ0v) is 12.8. The molecule has 1 saturated heterocycles. The van der Waals surface area contributed by atoms with Crippen molar-refractivity contribution in [2.24, 2.45) is 5.73 Å². The summed E-state index contributed by atoms with van der Waals surface area (Å²) in [6.07, 6.45) is 0. The van der Waals surface area contributed by atoms with Gasteiger partial charge in [0.1, 0.15) is 4.99 Å². The van der Waals surface area contributed by atoms with Crippen molar-refractivity contribution < 1.29 is 13.2 Å². The zero-order chi connectivity index (χ0) is 14.8. The van der Waals surface area contributed by atoms with Gasteiger partial charge in [0.15, 0.2) is 0 Å². The van der Waals surface area contributed by atoms with E-state index in [0.717, 1.165) is 5.56 Å². The number of ether oxygens (including phenoxy) is 1. The Morgan fingerprint density at radius 3 is 2.65 bits per heavy atom. The molecule has 1 aliphatic rings. The lowest BCUT2D eigenvalue weighted by Crippen LogP contribution is -2.43. The zero-order valence-electron chi connectivity index (χ0n) is 11.1. The van der Waals surface area contributed by atoms with Gasteiger partial charge >= 0.3 is 10.2 Å². The topological polar surface area (TPSA) is 84.7 Å². The number of benzene rings is 1. The van der Waals surface area contributed by atoms with Crippen molar-refractivity contribution in [2.45, 2.75) is 6.92 Å². The van der Waals surface area contributed by atoms with E-state index in [-0.39, 0.29) is 4.99 Å². The second kappa shape index (κ2) is 6.04. The monoisotopic (exact) mass is 315 g/mol. The maximum absolute atomic E-state index is 12.3. The molecule has 0 radical (unpaired) electrons. The Balaban J connectivity index is 2.24. The van der Waals surface area contributed by atoms with Gasteiger partial charge in [0.2, 0.25) is 0 Å². The van der Waals surface area contributed by atoms with Gasteiger partial charge in [-0.3, -0.25) is 4.72 Å². The quantitative estimate of drug-likeness (QED) is 0.796. The summed E-state index contributed by atoms with van der Waals surface area (Å²) >= 11 is 4.91. The van der Waals surface area contributed by atoms with Crippen LogP contribution in [0.2, 0.25) is 0 Å². The van der Waals surface area contributed by atoms with Gasteiger partial charge in [0.05, 0.1) is 18.9 Å². The number of hydrogen-bond donors (Lipinski definition) is 2. The smallest absolute Gasteiger partial charge is 0.301 e. The van der Waals surface area contributed by atoms with Gasteiger partial charge in [-0.1, -0.05) is 24.4 Å². The van der Waals surface area contributed by atoms with Gasteiger partial charge in [0.25, 0.3) is 0 Å². The minimum Gasteiger partial charge on any atom is -0.389 e. The highest BCUT2D eigenvalue weighted by molar-refractivity contribution is 7.90. The molecule has 0 atom stereocenters. The summed E-state index contributed by atoms with van der Waals surface area (Å²) in [6.45, 7) is 3.34. The molecule has 8 heteroatoms. The van der Waals surface area contributed by atoms with Crippen molar-refractivity contribution in [3.05, 3.63) is 29.3 Å². The molecule has 0 bridgehead atoms. The predicted molar refractivity (Wildman–Crippen MR) is 82.0 cm³/mol. The number of hydrogen-bond acceptors (Lipinski definition) is 4. The van der Waals surface area contributed by atoms with Crippen LogP contribution in [0.3, 0.4) is 0 Å². The van der Waals surface area contributed by atoms with E-state index in [1.807, 2.05) is 6.92 Å². The molecular formula is C12H17N3O3S2. The van der Waals surface area contributed by atoms with Crippen molar-refractivity contribution >= 4 is 33.1 Å². The average Bonchev–Trinajstić information content (AvgIpc) is 2.42. The van der Waals surface area contributed by atoms with E-state index in [4.69, 9.17) is 22.7 Å². The van der Waals surface area contributed by atoms with Crippen LogP contribution >= 0.6 is 12.2 Å². The first-order chi connectivity index (χ1) is 9.40. The first kappa shape index (κ1) is 15.2. The lowest BCUT2D eigenvalue weighted by atomic mass is 10.1. The summed E-state index contributed by atoms with van der Waals surface area (Å²) in [5.74, 6) is 0. The Hall–Kier alpha value is -1.22. The molecule has 110 valence electrons. The molecule has 1 fully saturated rings. The normalized spacial score (nSPS) is 16.9. The van der Waals surface area contributed by atoms with Crippen LogP contribution in [0.15, 0.2) is 18.2 Å². The first-order valence-electron chi connectivity index (χ1n) is 6.16. The molecule has 1 aromatic carbocycles. The van der Waals surface area contributed by atoms with Crippen LogP contribution in [0.25, 0.3) is 0 Å². The van der Waals surface area contributed by atoms with Crippen LogP contribution in [0.5, 0.6) is 0 Å². The lowest BCUT2D eigenvalue weighted by molar-refractivity contribution is 0.0733. The van der Waals surface area contributed by atoms with Crippen molar-refractivity contribution in [3.8, 4) is 0 Å². The second-order valence-electron chi connectivity index (χ2n) is 4.51. The Bertz CT molecular complexity index is 610. The molecule has 1 aromatic rings. The molecule has 0 unspecified atom stereocenters. The Labute approximate surface area is 124 Å². The number of nitrogens with one attached hydrogen (secondary N) is 1. The van der Waals surface area contributed by atoms with Gasteiger partial charge < -0.3 is 10.5 Å². The third-order valence-corrected chi connectivity index (χ3v) is 4.83. The summed E-state index contributed by atoms with van der Waals surface area (Å²) in [4.78, 5) is 0.233. The second-order valence-corrected chi connectivity index (χ2v) is 6.62. The van der Waals surface area contributed by atoms with Gasteiger partial charge in [-0.05, 0) is 18.6 Å². The van der Waals surface area contributed by atoms with Crippen LogP contribution in [0.4, 0.5) is 5.69 Å². The van der Waals surface area contributed by atoms with E-state index >= 15 is 0 Å². The van der Waals surface area contributed by atoms with Crippen LogP contribution < -0.4 is 10.5 Å². The first-order valence-corrected chi connectivity index (χ1v) is 8.01. The van der Waals surface area contributed by atoms with Crippen molar-refractivity contribution in [1.82, 2.24) is 4.31 Å². The van der Waals surface area contributed by atoms with Crippen LogP contribution in [0, 0.1) is 6.92 Å². The van der Waals surface area contributed by atoms with E-state index in [2.05, 4.69) is 4.72 Å². The molecule has 0 amide bonds. The predicted octanol–water partition coefficient (Wildman–Crippen LogP) is 0.618. The Morgan fingerprint density at radius 1 is 1.40 bits per heavy atom. The summed E-state index contributed by atoms with van der Waals surface area (Å²) in [7, 11) is -3.58. The number of rotatable bonds is 4. The van der Waals surface area contributed by atoms with E-state index in [1.165, 1.54) is 4.31 Å². The van der Waals surface area contributed by atoms with Gasteiger partial charge in [-0.15, -0.1) is 0 Å². The third-order valence-electron chi connectivity index (χ3n) is 3.07. The lowest BCUT2D eigenvalue weighted by Gasteiger charge is -2.26. The summed E-state index contributed by atoms with van der Waals surface area (Å²) < 4.78 is 33.7. The van der Waals surface area contributed by atoms with Gasteiger partial charge in [-0.25, -0.2) is 0 Å². The molecule has 2 rings (SSSR count). The highest BCUT2D eigenvalue weighted by Gasteiger charge is 2.24. The molecule has 1 aliphatic heterocycles. The highest BCUT2D eigenvalue weighted by Crippen LogP contribution is 2.20. The van der Waals surface area contributed by atoms with Crippen molar-refractivity contribution in [2.75, 3.05) is 31.0 Å². The number of thiocarbonyl (C=S) groups is 1. The SMILES string of the molecule is Cc1ccc(C(N)=S)cc1NS(=O)(=O)N1CCOCC1.